The average Bonchev–Trinajstić information content (AvgIpc) is 3.38. The molecular weight excluding hydrogens is 382 g/mol. The number of hydrogen-bond acceptors (Lipinski definition) is 7. The Hall–Kier alpha value is -3.20. The van der Waals surface area contributed by atoms with Gasteiger partial charge in [-0.3, -0.25) is 4.79 Å². The zero-order valence-electron chi connectivity index (χ0n) is 16.8. The van der Waals surface area contributed by atoms with Crippen LogP contribution >= 0.6 is 0 Å². The fourth-order valence-corrected chi connectivity index (χ4v) is 4.37. The minimum atomic E-state index is -0.260. The van der Waals surface area contributed by atoms with Gasteiger partial charge in [-0.05, 0) is 37.5 Å². The van der Waals surface area contributed by atoms with Crippen LogP contribution in [0.3, 0.4) is 0 Å². The molecule has 2 fully saturated rings. The van der Waals surface area contributed by atoms with Crippen LogP contribution in [0.1, 0.15) is 40.4 Å². The number of aryl methyl sites for hydroxylation is 1. The number of fused-ring (bicyclic) bond motifs is 5. The van der Waals surface area contributed by atoms with Gasteiger partial charge >= 0.3 is 0 Å². The topological polar surface area (TPSA) is 96.7 Å². The van der Waals surface area contributed by atoms with Crippen molar-refractivity contribution in [2.24, 2.45) is 0 Å². The largest absolute Gasteiger partial charge is 0.377 e. The van der Waals surface area contributed by atoms with Crippen molar-refractivity contribution in [3.63, 3.8) is 0 Å². The number of aromatic nitrogens is 4. The summed E-state index contributed by atoms with van der Waals surface area (Å²) in [6.07, 6.45) is 7.20. The molecule has 6 rings (SSSR count). The maximum absolute atomic E-state index is 13.0. The van der Waals surface area contributed by atoms with Gasteiger partial charge in [0.25, 0.3) is 5.91 Å². The number of carbonyl (C=O) groups is 1. The second-order valence-corrected chi connectivity index (χ2v) is 8.43. The van der Waals surface area contributed by atoms with Gasteiger partial charge in [0.15, 0.2) is 5.65 Å². The first kappa shape index (κ1) is 17.6. The highest BCUT2D eigenvalue weighted by molar-refractivity contribution is 6.00. The van der Waals surface area contributed by atoms with Gasteiger partial charge in [-0.15, -0.1) is 0 Å². The molecule has 2 aliphatic heterocycles. The molecule has 1 spiro atoms. The molecule has 1 aliphatic carbocycles. The van der Waals surface area contributed by atoms with Crippen LogP contribution in [0, 0.1) is 6.92 Å². The number of pyridine rings is 1. The smallest absolute Gasteiger partial charge is 0.257 e. The quantitative estimate of drug-likeness (QED) is 0.588. The van der Waals surface area contributed by atoms with Crippen LogP contribution in [0.25, 0.3) is 5.65 Å². The Morgan fingerprint density at radius 2 is 2.20 bits per heavy atom. The zero-order valence-corrected chi connectivity index (χ0v) is 16.8. The molecule has 1 unspecified atom stereocenters. The van der Waals surface area contributed by atoms with Crippen LogP contribution in [0.15, 0.2) is 30.7 Å². The van der Waals surface area contributed by atoms with Crippen LogP contribution in [0.5, 0.6) is 0 Å². The van der Waals surface area contributed by atoms with Gasteiger partial charge < -0.3 is 20.3 Å². The molecular formula is C21H23N7O2. The number of rotatable bonds is 0. The van der Waals surface area contributed by atoms with Crippen molar-refractivity contribution >= 4 is 23.2 Å². The van der Waals surface area contributed by atoms with E-state index in [-0.39, 0.29) is 17.5 Å². The third-order valence-corrected chi connectivity index (χ3v) is 6.26. The zero-order chi connectivity index (χ0) is 20.3. The Kier molecular flexibility index (Phi) is 3.76. The second kappa shape index (κ2) is 6.40. The predicted octanol–water partition coefficient (Wildman–Crippen LogP) is 1.70. The highest BCUT2D eigenvalue weighted by atomic mass is 16.5. The maximum Gasteiger partial charge on any atom is 0.257 e. The summed E-state index contributed by atoms with van der Waals surface area (Å²) in [5.41, 5.74) is 3.00. The number of carbonyl (C=O) groups excluding carboxylic acids is 1. The van der Waals surface area contributed by atoms with Crippen LogP contribution in [0.4, 0.5) is 11.6 Å². The molecule has 1 saturated heterocycles. The summed E-state index contributed by atoms with van der Waals surface area (Å²) in [5.74, 6) is 1.51. The molecule has 0 aromatic carbocycles. The van der Waals surface area contributed by atoms with Gasteiger partial charge in [-0.2, -0.15) is 5.10 Å². The lowest BCUT2D eigenvalue weighted by Gasteiger charge is -2.37. The van der Waals surface area contributed by atoms with E-state index in [0.717, 1.165) is 35.6 Å². The molecule has 3 aromatic heterocycles. The molecule has 9 heteroatoms. The van der Waals surface area contributed by atoms with Crippen LogP contribution in [-0.4, -0.2) is 57.3 Å². The van der Waals surface area contributed by atoms with Crippen molar-refractivity contribution in [3.8, 4) is 0 Å². The van der Waals surface area contributed by atoms with Crippen molar-refractivity contribution in [2.75, 3.05) is 36.5 Å². The highest BCUT2D eigenvalue weighted by Crippen LogP contribution is 2.38. The summed E-state index contributed by atoms with van der Waals surface area (Å²) < 4.78 is 7.52. The van der Waals surface area contributed by atoms with E-state index in [0.29, 0.717) is 37.5 Å². The summed E-state index contributed by atoms with van der Waals surface area (Å²) in [4.78, 5) is 24.8. The summed E-state index contributed by atoms with van der Waals surface area (Å²) in [6, 6.07) is 4.09. The van der Waals surface area contributed by atoms with Gasteiger partial charge in [0.05, 0.1) is 31.0 Å². The minimum absolute atomic E-state index is 0.0189. The molecule has 9 nitrogen and oxygen atoms in total. The van der Waals surface area contributed by atoms with Gasteiger partial charge in [0.2, 0.25) is 0 Å². The fraction of sp³-hybridized carbons (Fsp3) is 0.429. The summed E-state index contributed by atoms with van der Waals surface area (Å²) in [6.45, 7) is 4.57. The number of nitrogens with one attached hydrogen (secondary N) is 2. The van der Waals surface area contributed by atoms with E-state index in [4.69, 9.17) is 9.72 Å². The summed E-state index contributed by atoms with van der Waals surface area (Å²) in [7, 11) is 0. The van der Waals surface area contributed by atoms with E-state index in [1.54, 1.807) is 10.7 Å². The molecule has 2 bridgehead atoms. The van der Waals surface area contributed by atoms with Crippen molar-refractivity contribution in [3.05, 3.63) is 47.4 Å². The van der Waals surface area contributed by atoms with Crippen LogP contribution in [-0.2, 0) is 4.74 Å². The Balaban J connectivity index is 1.54. The Morgan fingerprint density at radius 1 is 1.30 bits per heavy atom. The lowest BCUT2D eigenvalue weighted by Crippen LogP contribution is -2.42. The molecule has 3 aromatic rings. The van der Waals surface area contributed by atoms with Crippen molar-refractivity contribution in [1.29, 1.82) is 0 Å². The molecule has 1 atom stereocenters. The first-order valence-electron chi connectivity index (χ1n) is 10.3. The van der Waals surface area contributed by atoms with Crippen LogP contribution in [0.2, 0.25) is 0 Å². The molecule has 5 heterocycles. The van der Waals surface area contributed by atoms with Crippen LogP contribution < -0.4 is 15.5 Å². The predicted molar refractivity (Wildman–Crippen MR) is 111 cm³/mol. The molecule has 2 N–H and O–H groups in total. The van der Waals surface area contributed by atoms with Crippen molar-refractivity contribution in [1.82, 2.24) is 24.9 Å². The van der Waals surface area contributed by atoms with E-state index in [1.807, 2.05) is 25.4 Å². The van der Waals surface area contributed by atoms with E-state index in [9.17, 15) is 4.79 Å². The monoisotopic (exact) mass is 405 g/mol. The first-order valence-corrected chi connectivity index (χ1v) is 10.3. The van der Waals surface area contributed by atoms with E-state index >= 15 is 0 Å². The summed E-state index contributed by atoms with van der Waals surface area (Å²) >= 11 is 0. The Labute approximate surface area is 173 Å². The van der Waals surface area contributed by atoms with Crippen molar-refractivity contribution in [2.45, 2.75) is 31.3 Å². The van der Waals surface area contributed by atoms with Gasteiger partial charge in [-0.1, -0.05) is 0 Å². The molecule has 154 valence electrons. The van der Waals surface area contributed by atoms with Gasteiger partial charge in [0.1, 0.15) is 17.2 Å². The summed E-state index contributed by atoms with van der Waals surface area (Å²) in [5, 5.41) is 11.0. The molecule has 30 heavy (non-hydrogen) atoms. The number of morpholine rings is 1. The highest BCUT2D eigenvalue weighted by Gasteiger charge is 2.45. The third kappa shape index (κ3) is 2.80. The molecule has 0 radical (unpaired) electrons. The number of amides is 1. The third-order valence-electron chi connectivity index (χ3n) is 6.26. The van der Waals surface area contributed by atoms with Crippen molar-refractivity contribution < 1.29 is 9.53 Å². The normalized spacial score (nSPS) is 22.4. The lowest BCUT2D eigenvalue weighted by molar-refractivity contribution is 0.0934. The van der Waals surface area contributed by atoms with E-state index in [1.165, 1.54) is 0 Å². The fourth-order valence-electron chi connectivity index (χ4n) is 4.37. The average molecular weight is 405 g/mol. The Morgan fingerprint density at radius 3 is 3.07 bits per heavy atom. The van der Waals surface area contributed by atoms with E-state index in [2.05, 4.69) is 31.7 Å². The minimum Gasteiger partial charge on any atom is -0.377 e. The number of anilines is 2. The molecule has 3 aliphatic rings. The number of nitrogens with zero attached hydrogens (tertiary/aromatic N) is 5. The number of ether oxygens (including phenoxy) is 1. The molecule has 1 amide bonds. The standard InChI is InChI=1S/C21H23N7O2/c1-13-8-14-16-11-30-7-6-27(16)17-2-5-28-19(25-17)15(10-24-28)20(29)26-21(3-4-21)12-23-18(14)22-9-13/h2,5,8-10,16H,3-4,6-7,11-12H2,1H3,(H,22,23)(H,26,29). The maximum atomic E-state index is 13.0. The second-order valence-electron chi connectivity index (χ2n) is 8.43. The van der Waals surface area contributed by atoms with Gasteiger partial charge in [0, 0.05) is 31.0 Å². The Bertz CT molecular complexity index is 1150. The first-order chi connectivity index (χ1) is 14.6. The van der Waals surface area contributed by atoms with E-state index < -0.39 is 0 Å². The number of hydrogen-bond donors (Lipinski definition) is 2. The van der Waals surface area contributed by atoms with Gasteiger partial charge in [-0.25, -0.2) is 14.5 Å². The SMILES string of the molecule is Cc1cnc2c(c1)C1COCCN1c1ccn3ncc(c3n1)C(=O)NC1(CC1)CN2. The lowest BCUT2D eigenvalue weighted by atomic mass is 10.0. The molecule has 1 saturated carbocycles.